The maximum Gasteiger partial charge on any atom is 0.406 e. The molecule has 0 radical (unpaired) electrons. The van der Waals surface area contributed by atoms with Gasteiger partial charge >= 0.3 is 12.2 Å². The number of hydrogen-bond donors (Lipinski definition) is 5. The molecule has 2 atom stereocenters. The zero-order valence-electron chi connectivity index (χ0n) is 23.9. The van der Waals surface area contributed by atoms with E-state index in [0.717, 1.165) is 34.7 Å². The second-order valence-corrected chi connectivity index (χ2v) is 10.8. The summed E-state index contributed by atoms with van der Waals surface area (Å²) in [6, 6.07) is 10.3. The highest BCUT2D eigenvalue weighted by molar-refractivity contribution is 7.98. The number of alkyl halides is 3. The van der Waals surface area contributed by atoms with E-state index in [-0.39, 0.29) is 24.5 Å². The van der Waals surface area contributed by atoms with E-state index in [1.54, 1.807) is 37.1 Å². The summed E-state index contributed by atoms with van der Waals surface area (Å²) in [4.78, 5) is 16.2. The van der Waals surface area contributed by atoms with Gasteiger partial charge in [0.15, 0.2) is 0 Å². The Kier molecular flexibility index (Phi) is 11.8. The van der Waals surface area contributed by atoms with Crippen molar-refractivity contribution in [2.75, 3.05) is 50.7 Å². The lowest BCUT2D eigenvalue weighted by Crippen LogP contribution is -2.49. The minimum Gasteiger partial charge on any atom is -0.495 e. The van der Waals surface area contributed by atoms with Gasteiger partial charge in [0, 0.05) is 34.6 Å². The van der Waals surface area contributed by atoms with Gasteiger partial charge in [0.05, 0.1) is 30.5 Å². The van der Waals surface area contributed by atoms with E-state index < -0.39 is 12.7 Å². The number of carbonyl (C=O) groups excluding carboxylic acids is 1. The topological polar surface area (TPSA) is 111 Å². The van der Waals surface area contributed by atoms with Crippen LogP contribution in [0.25, 0.3) is 10.9 Å². The van der Waals surface area contributed by atoms with Crippen molar-refractivity contribution in [2.24, 2.45) is 5.92 Å². The number of hydrogen-bond acceptors (Lipinski definition) is 7. The summed E-state index contributed by atoms with van der Waals surface area (Å²) in [7, 11) is 3.65. The predicted octanol–water partition coefficient (Wildman–Crippen LogP) is 5.88. The Labute approximate surface area is 247 Å². The molecule has 1 fully saturated rings. The van der Waals surface area contributed by atoms with Crippen LogP contribution < -0.4 is 20.7 Å². The van der Waals surface area contributed by atoms with Crippen molar-refractivity contribution in [3.05, 3.63) is 48.2 Å². The maximum absolute atomic E-state index is 13.3. The van der Waals surface area contributed by atoms with Crippen molar-refractivity contribution >= 4 is 40.1 Å². The van der Waals surface area contributed by atoms with Gasteiger partial charge in [0.2, 0.25) is 0 Å². The summed E-state index contributed by atoms with van der Waals surface area (Å²) in [6.07, 6.45) is -0.204. The molecule has 1 saturated heterocycles. The number of nitrogens with one attached hydrogen (secondary N) is 3. The number of urea groups is 1. The summed E-state index contributed by atoms with van der Waals surface area (Å²) in [5.41, 5.74) is 2.02. The highest BCUT2D eigenvalue weighted by Gasteiger charge is 2.29. The van der Waals surface area contributed by atoms with Crippen LogP contribution in [0.1, 0.15) is 18.9 Å². The number of nitrogens with zero attached hydrogens (tertiary/aromatic N) is 2. The second-order valence-electron chi connectivity index (χ2n) is 9.97. The Morgan fingerprint density at radius 2 is 1.95 bits per heavy atom. The first-order chi connectivity index (χ1) is 20.1. The number of amides is 2. The lowest BCUT2D eigenvalue weighted by Gasteiger charge is -2.35. The molecule has 0 bridgehead atoms. The number of likely N-dealkylation sites (tertiary alicyclic amines) is 1. The van der Waals surface area contributed by atoms with Crippen molar-refractivity contribution in [3.63, 3.8) is 0 Å². The van der Waals surface area contributed by atoms with Crippen LogP contribution in [0.5, 0.6) is 5.75 Å². The van der Waals surface area contributed by atoms with Crippen molar-refractivity contribution in [1.29, 1.82) is 0 Å². The fourth-order valence-electron chi connectivity index (χ4n) is 4.93. The monoisotopic (exact) mass is 607 g/mol. The largest absolute Gasteiger partial charge is 0.495 e. The number of thioether (sulfide) groups is 1. The quantitative estimate of drug-likeness (QED) is 0.0988. The van der Waals surface area contributed by atoms with E-state index in [9.17, 15) is 18.0 Å². The van der Waals surface area contributed by atoms with Crippen LogP contribution >= 0.6 is 11.8 Å². The van der Waals surface area contributed by atoms with Crippen LogP contribution in [-0.2, 0) is 6.54 Å². The van der Waals surface area contributed by atoms with Gasteiger partial charge in [-0.3, -0.25) is 10.5 Å². The van der Waals surface area contributed by atoms with Crippen LogP contribution in [0.3, 0.4) is 0 Å². The van der Waals surface area contributed by atoms with Crippen LogP contribution in [0, 0.1) is 17.8 Å². The highest BCUT2D eigenvalue weighted by atomic mass is 32.2. The first-order valence-electron chi connectivity index (χ1n) is 13.2. The van der Waals surface area contributed by atoms with E-state index in [0.29, 0.717) is 27.9 Å². The Balaban J connectivity index is 0.00000237. The number of anilines is 2. The second kappa shape index (κ2) is 15.1. The van der Waals surface area contributed by atoms with Crippen LogP contribution in [0.4, 0.5) is 29.3 Å². The van der Waals surface area contributed by atoms with Gasteiger partial charge < -0.3 is 30.2 Å². The van der Waals surface area contributed by atoms with Gasteiger partial charge in [-0.2, -0.15) is 13.2 Å². The first kappa shape index (κ1) is 32.9. The Morgan fingerprint density at radius 3 is 2.62 bits per heavy atom. The molecule has 2 heterocycles. The first-order valence-corrected chi connectivity index (χ1v) is 14.4. The molecular formula is C29H36F3N5O4S. The maximum atomic E-state index is 13.3. The van der Waals surface area contributed by atoms with Gasteiger partial charge in [-0.25, -0.2) is 4.79 Å². The molecule has 13 heteroatoms. The Morgan fingerprint density at radius 1 is 1.19 bits per heavy atom. The molecule has 9 nitrogen and oxygen atoms in total. The molecule has 2 amide bonds. The third kappa shape index (κ3) is 8.96. The van der Waals surface area contributed by atoms with Crippen LogP contribution in [0.15, 0.2) is 47.5 Å². The van der Waals surface area contributed by atoms with E-state index in [1.165, 1.54) is 6.20 Å². The van der Waals surface area contributed by atoms with Crippen molar-refractivity contribution < 1.29 is 33.2 Å². The molecule has 3 aromatic rings. The summed E-state index contributed by atoms with van der Waals surface area (Å²) in [5, 5.41) is 21.6. The number of rotatable bonds is 7. The minimum atomic E-state index is -4.39. The number of methoxy groups -OCH3 is 1. The van der Waals surface area contributed by atoms with Crippen LogP contribution in [0.2, 0.25) is 0 Å². The molecule has 2 unspecified atom stereocenters. The average Bonchev–Trinajstić information content (AvgIpc) is 3.35. The predicted molar refractivity (Wildman–Crippen MR) is 161 cm³/mol. The molecule has 0 aliphatic carbocycles. The SMILES string of the molecule is COc1cc(SC)ccc1NCC#Cc1cc(NC(=O)NC2CCN(C)CC2C)c2ccn(CC(F)(F)F)c2c1.OO. The minimum absolute atomic E-state index is 0.0116. The summed E-state index contributed by atoms with van der Waals surface area (Å²) < 4.78 is 46.3. The summed E-state index contributed by atoms with van der Waals surface area (Å²) in [5.74, 6) is 7.02. The molecule has 42 heavy (non-hydrogen) atoms. The van der Waals surface area contributed by atoms with Gasteiger partial charge in [0.25, 0.3) is 0 Å². The van der Waals surface area contributed by atoms with Gasteiger partial charge in [-0.15, -0.1) is 11.8 Å². The number of benzene rings is 2. The molecule has 0 saturated carbocycles. The van der Waals surface area contributed by atoms with E-state index in [1.807, 2.05) is 24.5 Å². The fourth-order valence-corrected chi connectivity index (χ4v) is 5.36. The lowest BCUT2D eigenvalue weighted by molar-refractivity contribution is -0.176. The number of ether oxygens (including phenoxy) is 1. The molecule has 228 valence electrons. The van der Waals surface area contributed by atoms with E-state index in [4.69, 9.17) is 15.3 Å². The fraction of sp³-hybridized carbons (Fsp3) is 0.414. The molecule has 1 aromatic heterocycles. The van der Waals surface area contributed by atoms with Gasteiger partial charge in [0.1, 0.15) is 12.3 Å². The van der Waals surface area contributed by atoms with E-state index >= 15 is 0 Å². The van der Waals surface area contributed by atoms with E-state index in [2.05, 4.69) is 46.7 Å². The number of carbonyl (C=O) groups is 1. The standard InChI is InChI=1S/C29H34F3N5O2S.H2O2/c1-19-17-36(2)12-10-23(19)34-28(38)35-25-14-20(15-26-22(25)9-13-37(26)18-29(30,31)32)6-5-11-33-24-8-7-21(40-4)16-27(24)39-3;1-2/h7-9,13-16,19,23,33H,10-12,17-18H2,1-4H3,(H2,34,35,38);1-2H. The molecule has 5 N–H and O–H groups in total. The molecule has 4 rings (SSSR count). The average molecular weight is 608 g/mol. The lowest BCUT2D eigenvalue weighted by atomic mass is 9.94. The number of piperidine rings is 1. The zero-order valence-corrected chi connectivity index (χ0v) is 24.7. The Bertz CT molecular complexity index is 1420. The van der Waals surface area contributed by atoms with Crippen molar-refractivity contribution in [3.8, 4) is 17.6 Å². The summed E-state index contributed by atoms with van der Waals surface area (Å²) >= 11 is 1.61. The number of aromatic nitrogens is 1. The third-order valence-corrected chi connectivity index (χ3v) is 7.65. The molecule has 1 aliphatic rings. The van der Waals surface area contributed by atoms with Gasteiger partial charge in [-0.05, 0) is 68.6 Å². The molecule has 1 aliphatic heterocycles. The molecule has 0 spiro atoms. The molecule has 2 aromatic carbocycles. The normalized spacial score (nSPS) is 17.0. The summed E-state index contributed by atoms with van der Waals surface area (Å²) in [6.45, 7) is 3.00. The smallest absolute Gasteiger partial charge is 0.406 e. The van der Waals surface area contributed by atoms with Crippen molar-refractivity contribution in [1.82, 2.24) is 14.8 Å². The molecular weight excluding hydrogens is 571 g/mol. The third-order valence-electron chi connectivity index (χ3n) is 6.92. The number of halogens is 3. The zero-order chi connectivity index (χ0) is 30.9. The van der Waals surface area contributed by atoms with Crippen molar-refractivity contribution in [2.45, 2.75) is 37.0 Å². The Hall–Kier alpha value is -3.57. The van der Waals surface area contributed by atoms with Crippen LogP contribution in [-0.4, -0.2) is 78.3 Å². The number of fused-ring (bicyclic) bond motifs is 1. The van der Waals surface area contributed by atoms with Gasteiger partial charge in [-0.1, -0.05) is 18.8 Å². The highest BCUT2D eigenvalue weighted by Crippen LogP contribution is 2.30.